The highest BCUT2D eigenvalue weighted by atomic mass is 32.2. The number of nitrogens with zero attached hydrogens (tertiary/aromatic N) is 1. The van der Waals surface area contributed by atoms with Gasteiger partial charge in [-0.1, -0.05) is 19.9 Å². The van der Waals surface area contributed by atoms with Crippen molar-refractivity contribution < 1.29 is 22.4 Å². The number of hydrogen-bond acceptors (Lipinski definition) is 6. The van der Waals surface area contributed by atoms with Gasteiger partial charge >= 0.3 is 0 Å². The number of ether oxygens (including phenoxy) is 1. The van der Waals surface area contributed by atoms with E-state index >= 15 is 0 Å². The van der Waals surface area contributed by atoms with E-state index in [1.54, 1.807) is 25.1 Å². The molecule has 1 atom stereocenters. The third kappa shape index (κ3) is 6.65. The Kier molecular flexibility index (Phi) is 8.47. The highest BCUT2D eigenvalue weighted by molar-refractivity contribution is 7.89. The third-order valence-electron chi connectivity index (χ3n) is 5.58. The lowest BCUT2D eigenvalue weighted by atomic mass is 10.0. The van der Waals surface area contributed by atoms with Gasteiger partial charge in [0.15, 0.2) is 0 Å². The molecule has 3 rings (SSSR count). The second kappa shape index (κ2) is 11.1. The van der Waals surface area contributed by atoms with Gasteiger partial charge in [-0.15, -0.1) is 0 Å². The van der Waals surface area contributed by atoms with Crippen LogP contribution in [0.15, 0.2) is 45.9 Å². The molecule has 2 heterocycles. The molecule has 9 heteroatoms. The van der Waals surface area contributed by atoms with Crippen molar-refractivity contribution in [3.8, 4) is 0 Å². The first kappa shape index (κ1) is 24.4. The van der Waals surface area contributed by atoms with Crippen molar-refractivity contribution in [1.29, 1.82) is 0 Å². The molecule has 2 N–H and O–H groups in total. The summed E-state index contributed by atoms with van der Waals surface area (Å²) in [5.74, 6) is 0.737. The van der Waals surface area contributed by atoms with E-state index in [4.69, 9.17) is 9.15 Å². The fourth-order valence-electron chi connectivity index (χ4n) is 3.83. The molecular formula is C23H33N3O5S. The van der Waals surface area contributed by atoms with Gasteiger partial charge in [-0.25, -0.2) is 13.1 Å². The van der Waals surface area contributed by atoms with Crippen LogP contribution in [0.5, 0.6) is 0 Å². The molecule has 1 aromatic carbocycles. The number of amides is 1. The van der Waals surface area contributed by atoms with Crippen LogP contribution in [0.3, 0.4) is 0 Å². The van der Waals surface area contributed by atoms with E-state index in [0.717, 1.165) is 25.1 Å². The normalized spacial score (nSPS) is 16.2. The summed E-state index contributed by atoms with van der Waals surface area (Å²) in [6, 6.07) is 8.20. The molecule has 1 aliphatic heterocycles. The minimum absolute atomic E-state index is 0.0428. The van der Waals surface area contributed by atoms with Gasteiger partial charge in [-0.3, -0.25) is 9.69 Å². The van der Waals surface area contributed by atoms with Gasteiger partial charge < -0.3 is 14.5 Å². The van der Waals surface area contributed by atoms with Crippen molar-refractivity contribution in [1.82, 2.24) is 14.9 Å². The number of sulfonamides is 1. The topological polar surface area (TPSA) is 101 Å². The molecule has 8 nitrogen and oxygen atoms in total. The number of benzene rings is 1. The van der Waals surface area contributed by atoms with Crippen LogP contribution in [0.4, 0.5) is 0 Å². The zero-order chi connectivity index (χ0) is 23.1. The molecule has 32 heavy (non-hydrogen) atoms. The Hall–Kier alpha value is -2.20. The van der Waals surface area contributed by atoms with Gasteiger partial charge in [0.25, 0.3) is 5.91 Å². The van der Waals surface area contributed by atoms with Crippen LogP contribution in [-0.4, -0.2) is 58.1 Å². The van der Waals surface area contributed by atoms with E-state index in [0.29, 0.717) is 37.0 Å². The number of furan rings is 1. The zero-order valence-corrected chi connectivity index (χ0v) is 19.8. The Labute approximate surface area is 190 Å². The molecule has 0 spiro atoms. The number of nitrogens with one attached hydrogen (secondary N) is 2. The first-order valence-electron chi connectivity index (χ1n) is 11.0. The predicted molar refractivity (Wildman–Crippen MR) is 122 cm³/mol. The number of hydrogen-bond donors (Lipinski definition) is 2. The van der Waals surface area contributed by atoms with Gasteiger partial charge in [0, 0.05) is 31.2 Å². The van der Waals surface area contributed by atoms with Crippen molar-refractivity contribution >= 4 is 15.9 Å². The van der Waals surface area contributed by atoms with Crippen LogP contribution < -0.4 is 10.0 Å². The molecule has 1 unspecified atom stereocenters. The summed E-state index contributed by atoms with van der Waals surface area (Å²) in [4.78, 5) is 15.4. The lowest BCUT2D eigenvalue weighted by Gasteiger charge is -2.35. The fraction of sp³-hybridized carbons (Fsp3) is 0.522. The number of aryl methyl sites for hydroxylation is 1. The van der Waals surface area contributed by atoms with E-state index in [9.17, 15) is 13.2 Å². The number of rotatable bonds is 10. The van der Waals surface area contributed by atoms with E-state index in [-0.39, 0.29) is 23.4 Å². The average Bonchev–Trinajstić information content (AvgIpc) is 3.29. The Bertz CT molecular complexity index is 983. The smallest absolute Gasteiger partial charge is 0.251 e. The Morgan fingerprint density at radius 1 is 1.19 bits per heavy atom. The standard InChI is InChI=1S/C23H33N3O5S/c1-17(2)13-19(26-8-11-30-12-9-26)15-24-23(27)22-14-21(7-6-18(22)3)32(28,29)25-16-20-5-4-10-31-20/h4-7,10,14,17,19,25H,8-9,11-13,15-16H2,1-3H3,(H,24,27). The molecule has 1 aromatic heterocycles. The van der Waals surface area contributed by atoms with Crippen molar-refractivity contribution in [2.24, 2.45) is 5.92 Å². The lowest BCUT2D eigenvalue weighted by Crippen LogP contribution is -2.49. The van der Waals surface area contributed by atoms with Crippen LogP contribution in [0.25, 0.3) is 0 Å². The molecule has 176 valence electrons. The monoisotopic (exact) mass is 463 g/mol. The summed E-state index contributed by atoms with van der Waals surface area (Å²) < 4.78 is 38.5. The van der Waals surface area contributed by atoms with E-state index in [1.165, 1.54) is 18.4 Å². The summed E-state index contributed by atoms with van der Waals surface area (Å²) in [5, 5.41) is 3.02. The van der Waals surface area contributed by atoms with Crippen LogP contribution in [0, 0.1) is 12.8 Å². The van der Waals surface area contributed by atoms with Crippen LogP contribution in [0.2, 0.25) is 0 Å². The Balaban J connectivity index is 1.68. The van der Waals surface area contributed by atoms with Gasteiger partial charge in [0.1, 0.15) is 5.76 Å². The fourth-order valence-corrected chi connectivity index (χ4v) is 4.85. The second-order valence-corrected chi connectivity index (χ2v) is 10.3. The SMILES string of the molecule is Cc1ccc(S(=O)(=O)NCc2ccco2)cc1C(=O)NCC(CC(C)C)N1CCOCC1. The summed E-state index contributed by atoms with van der Waals surface area (Å²) in [6.07, 6.45) is 2.45. The van der Waals surface area contributed by atoms with E-state index in [2.05, 4.69) is 28.8 Å². The highest BCUT2D eigenvalue weighted by Crippen LogP contribution is 2.17. The quantitative estimate of drug-likeness (QED) is 0.562. The molecular weight excluding hydrogens is 430 g/mol. The van der Waals surface area contributed by atoms with Gasteiger partial charge in [0.05, 0.1) is 30.9 Å². The van der Waals surface area contributed by atoms with E-state index in [1.807, 2.05) is 0 Å². The van der Waals surface area contributed by atoms with Crippen molar-refractivity contribution in [3.63, 3.8) is 0 Å². The van der Waals surface area contributed by atoms with Gasteiger partial charge in [-0.2, -0.15) is 0 Å². The second-order valence-electron chi connectivity index (χ2n) is 8.52. The summed E-state index contributed by atoms with van der Waals surface area (Å²) >= 11 is 0. The first-order chi connectivity index (χ1) is 15.3. The maximum atomic E-state index is 13.0. The molecule has 1 fully saturated rings. The molecule has 0 saturated carbocycles. The molecule has 1 aliphatic rings. The minimum atomic E-state index is -3.79. The summed E-state index contributed by atoms with van der Waals surface area (Å²) in [6.45, 7) is 9.79. The van der Waals surface area contributed by atoms with Crippen LogP contribution >= 0.6 is 0 Å². The average molecular weight is 464 g/mol. The summed E-state index contributed by atoms with van der Waals surface area (Å²) in [7, 11) is -3.79. The maximum absolute atomic E-state index is 13.0. The maximum Gasteiger partial charge on any atom is 0.251 e. The molecule has 0 aliphatic carbocycles. The van der Waals surface area contributed by atoms with Gasteiger partial charge in [-0.05, 0) is 49.1 Å². The Morgan fingerprint density at radius 3 is 2.59 bits per heavy atom. The van der Waals surface area contributed by atoms with Crippen molar-refractivity contribution in [3.05, 3.63) is 53.5 Å². The predicted octanol–water partition coefficient (Wildman–Crippen LogP) is 2.54. The highest BCUT2D eigenvalue weighted by Gasteiger charge is 2.24. The Morgan fingerprint density at radius 2 is 1.94 bits per heavy atom. The minimum Gasteiger partial charge on any atom is -0.468 e. The van der Waals surface area contributed by atoms with Crippen molar-refractivity contribution in [2.75, 3.05) is 32.8 Å². The summed E-state index contributed by atoms with van der Waals surface area (Å²) in [5.41, 5.74) is 1.08. The number of carbonyl (C=O) groups is 1. The lowest BCUT2D eigenvalue weighted by molar-refractivity contribution is 0.0124. The zero-order valence-electron chi connectivity index (χ0n) is 19.0. The van der Waals surface area contributed by atoms with Crippen LogP contribution in [-0.2, 0) is 21.3 Å². The molecule has 1 amide bonds. The van der Waals surface area contributed by atoms with Crippen LogP contribution in [0.1, 0.15) is 41.9 Å². The van der Waals surface area contributed by atoms with Gasteiger partial charge in [0.2, 0.25) is 10.0 Å². The van der Waals surface area contributed by atoms with E-state index < -0.39 is 10.0 Å². The van der Waals surface area contributed by atoms with Crippen molar-refractivity contribution in [2.45, 2.75) is 44.7 Å². The molecule has 0 radical (unpaired) electrons. The molecule has 1 saturated heterocycles. The largest absolute Gasteiger partial charge is 0.468 e. The number of morpholine rings is 1. The molecule has 2 aromatic rings. The third-order valence-corrected chi connectivity index (χ3v) is 6.98. The number of carbonyl (C=O) groups excluding carboxylic acids is 1. The first-order valence-corrected chi connectivity index (χ1v) is 12.5. The molecule has 0 bridgehead atoms.